The van der Waals surface area contributed by atoms with Crippen LogP contribution in [0.1, 0.15) is 92.1 Å². The van der Waals surface area contributed by atoms with E-state index < -0.39 is 54.0 Å². The van der Waals surface area contributed by atoms with Gasteiger partial charge >= 0.3 is 227 Å². The average Bonchev–Trinajstić information content (AvgIpc) is 3.24. The van der Waals surface area contributed by atoms with Gasteiger partial charge in [-0.1, -0.05) is 0 Å². The maximum atomic E-state index is 14.9. The topological polar surface area (TPSA) is 71.5 Å². The predicted molar refractivity (Wildman–Crippen MR) is 147 cm³/mol. The van der Waals surface area contributed by atoms with Crippen molar-refractivity contribution in [3.8, 4) is 0 Å². The number of alkyl halides is 1. The number of hydrogen-bond acceptors (Lipinski definition) is 4. The third kappa shape index (κ3) is 9.36. The molecule has 2 amide bonds. The average molecular weight is 630 g/mol. The summed E-state index contributed by atoms with van der Waals surface area (Å²) in [5.74, 6) is -0.953. The second kappa shape index (κ2) is 14.6. The Morgan fingerprint density at radius 3 is 2.19 bits per heavy atom. The van der Waals surface area contributed by atoms with Crippen molar-refractivity contribution in [1.82, 2.24) is 15.2 Å². The quantitative estimate of drug-likeness (QED) is 0.262. The van der Waals surface area contributed by atoms with Crippen LogP contribution in [-0.2, 0) is 16.1 Å². The van der Waals surface area contributed by atoms with Gasteiger partial charge in [-0.25, -0.2) is 0 Å². The van der Waals surface area contributed by atoms with Crippen molar-refractivity contribution in [1.29, 1.82) is 0 Å². The Bertz CT molecular complexity index is 872. The van der Waals surface area contributed by atoms with Crippen LogP contribution in [-0.4, -0.2) is 64.6 Å². The zero-order valence-electron chi connectivity index (χ0n) is 23.7. The summed E-state index contributed by atoms with van der Waals surface area (Å²) in [6, 6.07) is 0.913. The van der Waals surface area contributed by atoms with Crippen LogP contribution in [0, 0.1) is 5.82 Å². The summed E-state index contributed by atoms with van der Waals surface area (Å²) in [5, 5.41) is 2.76. The van der Waals surface area contributed by atoms with Crippen LogP contribution in [0.15, 0.2) is 12.3 Å². The number of carbonyl (C=O) groups is 2. The summed E-state index contributed by atoms with van der Waals surface area (Å²) in [7, 11) is 0. The first-order valence-corrected chi connectivity index (χ1v) is 21.5. The molecule has 1 aromatic heterocycles. The van der Waals surface area contributed by atoms with Gasteiger partial charge in [0.1, 0.15) is 0 Å². The first kappa shape index (κ1) is 31.8. The van der Waals surface area contributed by atoms with Gasteiger partial charge in [-0.2, -0.15) is 0 Å². The van der Waals surface area contributed by atoms with Crippen molar-refractivity contribution in [2.24, 2.45) is 0 Å². The molecule has 0 unspecified atom stereocenters. The molecule has 0 aliphatic carbocycles. The van der Waals surface area contributed by atoms with Gasteiger partial charge in [-0.3, -0.25) is 0 Å². The molecule has 0 aromatic carbocycles. The van der Waals surface area contributed by atoms with Crippen molar-refractivity contribution in [2.75, 3.05) is 6.54 Å². The molecule has 9 heteroatoms. The zero-order chi connectivity index (χ0) is 27.6. The van der Waals surface area contributed by atoms with E-state index in [1.807, 2.05) is 6.07 Å². The number of nitrogens with one attached hydrogen (secondary N) is 1. The summed E-state index contributed by atoms with van der Waals surface area (Å²) >= 11 is -2.87. The van der Waals surface area contributed by atoms with Crippen LogP contribution >= 0.6 is 0 Å². The van der Waals surface area contributed by atoms with Gasteiger partial charge in [-0.05, 0) is 0 Å². The van der Waals surface area contributed by atoms with E-state index >= 15 is 0 Å². The summed E-state index contributed by atoms with van der Waals surface area (Å²) in [4.78, 5) is 31.3. The fourth-order valence-corrected chi connectivity index (χ4v) is 20.6. The van der Waals surface area contributed by atoms with Crippen molar-refractivity contribution in [3.63, 3.8) is 0 Å². The van der Waals surface area contributed by atoms with Crippen LogP contribution in [0.3, 0.4) is 0 Å². The molecule has 37 heavy (non-hydrogen) atoms. The number of ether oxygens (including phenoxy) is 1. The van der Waals surface area contributed by atoms with E-state index in [9.17, 15) is 18.4 Å². The number of rotatable bonds is 13. The molecule has 6 nitrogen and oxygen atoms in total. The van der Waals surface area contributed by atoms with Crippen LogP contribution < -0.4 is 9.03 Å². The third-order valence-electron chi connectivity index (χ3n) is 7.14. The molecule has 2 heterocycles. The number of aromatic nitrogens is 1. The molecule has 1 N–H and O–H groups in total. The van der Waals surface area contributed by atoms with E-state index in [1.54, 1.807) is 20.8 Å². The molecule has 1 saturated heterocycles. The van der Waals surface area contributed by atoms with Crippen LogP contribution in [0.25, 0.3) is 0 Å². The summed E-state index contributed by atoms with van der Waals surface area (Å²) in [6.07, 6.45) is 6.09. The number of hydrogen-bond donors (Lipinski definition) is 1. The van der Waals surface area contributed by atoms with Crippen LogP contribution in [0.5, 0.6) is 0 Å². The van der Waals surface area contributed by atoms with E-state index in [4.69, 9.17) is 4.74 Å². The third-order valence-corrected chi connectivity index (χ3v) is 22.2. The number of halogens is 2. The molecule has 2 rings (SSSR count). The molecule has 1 aliphatic rings. The standard InChI is InChI=1S/C16H20F2N3O3.3C4H9.Sn/c1-16(2,3)24-15(23)21-9-11(17)6-13(21)14(22)20-7-10-4-5-19-8-12(10)18;3*1-3-4-2;/h4,8,11,13H,6-7,9H2,1-3H3,(H,20,22);3*1,3-4H2,2H3;/t11-,13+;;;;/m1..../s1. The van der Waals surface area contributed by atoms with Gasteiger partial charge in [0.2, 0.25) is 0 Å². The number of nitrogens with zero attached hydrogens (tertiary/aromatic N) is 2. The van der Waals surface area contributed by atoms with E-state index in [1.165, 1.54) is 38.8 Å². The van der Waals surface area contributed by atoms with E-state index in [0.717, 1.165) is 27.9 Å². The second-order valence-corrected chi connectivity index (χ2v) is 24.5. The number of unbranched alkanes of at least 4 members (excludes halogenated alkanes) is 3. The maximum absolute atomic E-state index is 14.9. The molecule has 0 spiro atoms. The summed E-state index contributed by atoms with van der Waals surface area (Å²) < 4.78 is 39.1. The summed E-state index contributed by atoms with van der Waals surface area (Å²) in [5.41, 5.74) is -0.350. The molecule has 0 bridgehead atoms. The molecule has 1 aromatic rings. The van der Waals surface area contributed by atoms with Gasteiger partial charge in [0.25, 0.3) is 0 Å². The number of carbonyl (C=O) groups excluding carboxylic acids is 2. The van der Waals surface area contributed by atoms with Gasteiger partial charge in [0, 0.05) is 0 Å². The molecule has 0 radical (unpaired) electrons. The number of likely N-dealkylation sites (tertiary alicyclic amines) is 1. The van der Waals surface area contributed by atoms with Crippen molar-refractivity contribution >= 4 is 34.1 Å². The Morgan fingerprint density at radius 1 is 1.11 bits per heavy atom. The van der Waals surface area contributed by atoms with Crippen LogP contribution in [0.4, 0.5) is 13.6 Å². The molecule has 2 atom stereocenters. The first-order valence-electron chi connectivity index (χ1n) is 14.0. The predicted octanol–water partition coefficient (Wildman–Crippen LogP) is 6.24. The second-order valence-electron chi connectivity index (χ2n) is 11.5. The molecule has 1 aliphatic heterocycles. The Hall–Kier alpha value is -1.45. The SMILES string of the molecule is CCC[CH2][Sn]([CH2]CCC)([CH2]CCC)[c]1cc(CNC(=O)[C@@H]2C[C@@H](F)CN2C(=O)OC(C)(C)C)c(F)cn1. The Balaban J connectivity index is 2.23. The molecule has 1 fully saturated rings. The van der Waals surface area contributed by atoms with Crippen molar-refractivity contribution in [2.45, 2.75) is 124 Å². The summed E-state index contributed by atoms with van der Waals surface area (Å²) in [6.45, 7) is 11.6. The van der Waals surface area contributed by atoms with Crippen LogP contribution in [0.2, 0.25) is 13.3 Å². The molecular weight excluding hydrogens is 583 g/mol. The Labute approximate surface area is 226 Å². The van der Waals surface area contributed by atoms with E-state index in [2.05, 4.69) is 31.1 Å². The van der Waals surface area contributed by atoms with Crippen molar-refractivity contribution in [3.05, 3.63) is 23.6 Å². The monoisotopic (exact) mass is 631 g/mol. The number of pyridine rings is 1. The van der Waals surface area contributed by atoms with Gasteiger partial charge in [0.05, 0.1) is 0 Å². The fourth-order valence-electron chi connectivity index (χ4n) is 5.07. The molecular formula is C28H47F2N3O3Sn. The zero-order valence-corrected chi connectivity index (χ0v) is 26.5. The minimum atomic E-state index is -2.87. The van der Waals surface area contributed by atoms with E-state index in [-0.39, 0.29) is 19.5 Å². The molecule has 0 saturated carbocycles. The van der Waals surface area contributed by atoms with E-state index in [0.29, 0.717) is 5.56 Å². The Morgan fingerprint density at radius 2 is 1.68 bits per heavy atom. The minimum absolute atomic E-state index is 0.0208. The molecule has 210 valence electrons. The first-order chi connectivity index (χ1) is 17.5. The fraction of sp³-hybridized carbons (Fsp3) is 0.750. The Kier molecular flexibility index (Phi) is 12.6. The van der Waals surface area contributed by atoms with Crippen molar-refractivity contribution < 1.29 is 23.1 Å². The van der Waals surface area contributed by atoms with Gasteiger partial charge in [0.15, 0.2) is 0 Å². The number of amides is 2. The normalized spacial score (nSPS) is 18.2. The van der Waals surface area contributed by atoms with Gasteiger partial charge in [-0.15, -0.1) is 0 Å². The van der Waals surface area contributed by atoms with Gasteiger partial charge < -0.3 is 0 Å².